The van der Waals surface area contributed by atoms with Gasteiger partial charge in [-0.2, -0.15) is 0 Å². The summed E-state index contributed by atoms with van der Waals surface area (Å²) in [5.74, 6) is 1.99. The first-order chi connectivity index (χ1) is 20.7. The van der Waals surface area contributed by atoms with E-state index in [1.165, 1.54) is 48.8 Å². The monoisotopic (exact) mass is 646 g/mol. The van der Waals surface area contributed by atoms with Crippen molar-refractivity contribution < 1.29 is 8.85 Å². The van der Waals surface area contributed by atoms with E-state index in [1.54, 1.807) is 5.57 Å². The normalized spacial score (nSPS) is 31.2. The van der Waals surface area contributed by atoms with Crippen LogP contribution >= 0.6 is 0 Å². The Morgan fingerprint density at radius 3 is 2.16 bits per heavy atom. The Balaban J connectivity index is 1.59. The van der Waals surface area contributed by atoms with Crippen LogP contribution < -0.4 is 0 Å². The number of benzene rings is 1. The molecule has 3 aliphatic rings. The first kappa shape index (κ1) is 36.4. The summed E-state index contributed by atoms with van der Waals surface area (Å²) in [6.45, 7) is 33.3. The molecule has 0 heterocycles. The van der Waals surface area contributed by atoms with E-state index in [4.69, 9.17) is 15.4 Å². The number of rotatable bonds is 8. The van der Waals surface area contributed by atoms with Gasteiger partial charge in [0.2, 0.25) is 0 Å². The van der Waals surface area contributed by atoms with Gasteiger partial charge in [0.15, 0.2) is 16.6 Å². The highest BCUT2D eigenvalue weighted by molar-refractivity contribution is 6.74. The van der Waals surface area contributed by atoms with E-state index in [1.807, 2.05) is 0 Å². The molecule has 3 fully saturated rings. The third-order valence-electron chi connectivity index (χ3n) is 12.8. The second kappa shape index (κ2) is 13.6. The van der Waals surface area contributed by atoms with Crippen LogP contribution in [0.25, 0.3) is 6.08 Å². The molecular formula is C41H66O2Si2. The molecule has 2 nitrogen and oxygen atoms in total. The van der Waals surface area contributed by atoms with Crippen LogP contribution in [0.15, 0.2) is 71.9 Å². The standard InChI is InChI=1S/C41H66O2Si2/c1-30(21-22-32-18-15-14-16-19-32)36-25-26-37-33(20-17-27-41(36,37)9)23-24-34-28-35(42-44(10,11)39(3,4)5)29-38(31(34)2)43-45(12,13)40(6,7)8/h14-16,18-19,21-24,30,35-38H,2,17,20,25-29H2,1,3-13H3/b22-21-,33-23+,34-24+/t30-,35+,36+,37-,38-,41+/m0/s1. The van der Waals surface area contributed by atoms with Crippen LogP contribution in [0, 0.1) is 23.2 Å². The van der Waals surface area contributed by atoms with Crippen molar-refractivity contribution >= 4 is 22.7 Å². The van der Waals surface area contributed by atoms with Gasteiger partial charge in [0.05, 0.1) is 12.2 Å². The number of hydrogen-bond acceptors (Lipinski definition) is 2. The fourth-order valence-electron chi connectivity index (χ4n) is 7.87. The molecule has 4 rings (SSSR count). The second-order valence-electron chi connectivity index (χ2n) is 18.0. The van der Waals surface area contributed by atoms with Gasteiger partial charge >= 0.3 is 0 Å². The van der Waals surface area contributed by atoms with Gasteiger partial charge < -0.3 is 8.85 Å². The van der Waals surface area contributed by atoms with Crippen molar-refractivity contribution in [1.82, 2.24) is 0 Å². The van der Waals surface area contributed by atoms with Crippen LogP contribution in [0.4, 0.5) is 0 Å². The van der Waals surface area contributed by atoms with E-state index in [2.05, 4.69) is 136 Å². The van der Waals surface area contributed by atoms with Crippen LogP contribution in [0.2, 0.25) is 36.3 Å². The Morgan fingerprint density at radius 1 is 0.911 bits per heavy atom. The fraction of sp³-hybridized carbons (Fsp3) is 0.659. The summed E-state index contributed by atoms with van der Waals surface area (Å²) in [7, 11) is -3.89. The molecule has 0 bridgehead atoms. The molecule has 3 aliphatic carbocycles. The van der Waals surface area contributed by atoms with Crippen LogP contribution in [0.3, 0.4) is 0 Å². The second-order valence-corrected chi connectivity index (χ2v) is 27.5. The summed E-state index contributed by atoms with van der Waals surface area (Å²) in [6.07, 6.45) is 18.4. The topological polar surface area (TPSA) is 18.5 Å². The highest BCUT2D eigenvalue weighted by atomic mass is 28.4. The molecule has 0 radical (unpaired) electrons. The number of fused-ring (bicyclic) bond motifs is 1. The Kier molecular flexibility index (Phi) is 11.0. The summed E-state index contributed by atoms with van der Waals surface area (Å²) >= 11 is 0. The summed E-state index contributed by atoms with van der Waals surface area (Å²) in [5, 5.41) is 0.341. The van der Waals surface area contributed by atoms with Crippen molar-refractivity contribution in [2.75, 3.05) is 0 Å². The summed E-state index contributed by atoms with van der Waals surface area (Å²) in [6, 6.07) is 10.8. The molecule has 0 spiro atoms. The maximum Gasteiger partial charge on any atom is 0.192 e. The third kappa shape index (κ3) is 8.16. The van der Waals surface area contributed by atoms with Crippen LogP contribution in [-0.4, -0.2) is 28.8 Å². The van der Waals surface area contributed by atoms with E-state index in [0.717, 1.165) is 18.8 Å². The van der Waals surface area contributed by atoms with Gasteiger partial charge in [0, 0.05) is 6.42 Å². The summed E-state index contributed by atoms with van der Waals surface area (Å²) in [4.78, 5) is 0. The quantitative estimate of drug-likeness (QED) is 0.262. The minimum atomic E-state index is -1.97. The third-order valence-corrected chi connectivity index (χ3v) is 21.8. The van der Waals surface area contributed by atoms with Gasteiger partial charge in [-0.1, -0.05) is 122 Å². The van der Waals surface area contributed by atoms with Crippen molar-refractivity contribution in [3.8, 4) is 0 Å². The zero-order valence-corrected chi connectivity index (χ0v) is 33.1. The SMILES string of the molecule is C=C1/C(=C/C=C2\CCC[C@]3(C)[C@@H]([C@@H](C)/C=C\c4ccccc4)CC[C@@H]23)C[C@@H](O[Si](C)(C)C(C)(C)C)C[C@@H]1O[Si](C)(C)C(C)(C)C. The molecule has 0 N–H and O–H groups in total. The predicted molar refractivity (Wildman–Crippen MR) is 201 cm³/mol. The Labute approximate surface area is 280 Å². The Morgan fingerprint density at radius 2 is 1.53 bits per heavy atom. The molecule has 6 atom stereocenters. The molecule has 4 heteroatoms. The molecular weight excluding hydrogens is 581 g/mol. The minimum Gasteiger partial charge on any atom is -0.413 e. The predicted octanol–water partition coefficient (Wildman–Crippen LogP) is 12.5. The lowest BCUT2D eigenvalue weighted by Crippen LogP contribution is -2.49. The van der Waals surface area contributed by atoms with Crippen LogP contribution in [-0.2, 0) is 8.85 Å². The zero-order chi connectivity index (χ0) is 33.4. The maximum absolute atomic E-state index is 7.10. The lowest BCUT2D eigenvalue weighted by Gasteiger charge is -2.45. The highest BCUT2D eigenvalue weighted by Gasteiger charge is 2.50. The number of hydrogen-bond donors (Lipinski definition) is 0. The minimum absolute atomic E-state index is 0.0313. The molecule has 0 aromatic heterocycles. The fourth-order valence-corrected chi connectivity index (χ4v) is 10.5. The zero-order valence-electron chi connectivity index (χ0n) is 31.1. The van der Waals surface area contributed by atoms with Gasteiger partial charge in [0.25, 0.3) is 0 Å². The van der Waals surface area contributed by atoms with E-state index < -0.39 is 16.6 Å². The van der Waals surface area contributed by atoms with Crippen LogP contribution in [0.1, 0.15) is 106 Å². The van der Waals surface area contributed by atoms with Gasteiger partial charge in [-0.15, -0.1) is 0 Å². The maximum atomic E-state index is 7.10. The smallest absolute Gasteiger partial charge is 0.192 e. The molecule has 0 saturated heterocycles. The van der Waals surface area contributed by atoms with E-state index in [9.17, 15) is 0 Å². The van der Waals surface area contributed by atoms with Gasteiger partial charge in [-0.25, -0.2) is 0 Å². The van der Waals surface area contributed by atoms with Crippen molar-refractivity contribution in [3.05, 3.63) is 77.4 Å². The molecule has 3 saturated carbocycles. The van der Waals surface area contributed by atoms with Gasteiger partial charge in [0.1, 0.15) is 0 Å². The molecule has 0 aliphatic heterocycles. The Hall–Kier alpha value is -1.47. The van der Waals surface area contributed by atoms with E-state index in [-0.39, 0.29) is 22.3 Å². The molecule has 250 valence electrons. The van der Waals surface area contributed by atoms with Gasteiger partial charge in [-0.05, 0) is 115 Å². The molecule has 0 amide bonds. The van der Waals surface area contributed by atoms with Crippen molar-refractivity contribution in [2.24, 2.45) is 23.2 Å². The first-order valence-electron chi connectivity index (χ1n) is 17.9. The average molecular weight is 647 g/mol. The van der Waals surface area contributed by atoms with E-state index in [0.29, 0.717) is 17.3 Å². The van der Waals surface area contributed by atoms with E-state index >= 15 is 0 Å². The molecule has 0 unspecified atom stereocenters. The first-order valence-corrected chi connectivity index (χ1v) is 23.7. The summed E-state index contributed by atoms with van der Waals surface area (Å²) in [5.41, 5.74) is 5.88. The molecule has 1 aromatic carbocycles. The van der Waals surface area contributed by atoms with Crippen molar-refractivity contribution in [2.45, 2.75) is 149 Å². The molecule has 1 aromatic rings. The van der Waals surface area contributed by atoms with Gasteiger partial charge in [-0.3, -0.25) is 0 Å². The number of allylic oxidation sites excluding steroid dienone is 4. The summed E-state index contributed by atoms with van der Waals surface area (Å²) < 4.78 is 14.2. The lowest BCUT2D eigenvalue weighted by atomic mass is 9.61. The molecule has 45 heavy (non-hydrogen) atoms. The highest BCUT2D eigenvalue weighted by Crippen LogP contribution is 2.59. The Bertz CT molecular complexity index is 1270. The van der Waals surface area contributed by atoms with Crippen molar-refractivity contribution in [1.29, 1.82) is 0 Å². The average Bonchev–Trinajstić information content (AvgIpc) is 3.29. The largest absolute Gasteiger partial charge is 0.413 e. The van der Waals surface area contributed by atoms with Crippen LogP contribution in [0.5, 0.6) is 0 Å². The van der Waals surface area contributed by atoms with Crippen molar-refractivity contribution in [3.63, 3.8) is 0 Å². The lowest BCUT2D eigenvalue weighted by molar-refractivity contribution is 0.0969.